The number of carbonyl (C=O) groups excluding carboxylic acids is 2. The third kappa shape index (κ3) is 3.00. The number of nitrogens with zero attached hydrogens (tertiary/aromatic N) is 1. The summed E-state index contributed by atoms with van der Waals surface area (Å²) in [7, 11) is 0. The predicted molar refractivity (Wildman–Crippen MR) is 96.6 cm³/mol. The number of hydrogen-bond acceptors (Lipinski definition) is 3. The largest absolute Gasteiger partial charge is 0.372 e. The molecule has 2 heterocycles. The first-order valence-corrected chi connectivity index (χ1v) is 10.5. The summed E-state index contributed by atoms with van der Waals surface area (Å²) in [4.78, 5) is 26.8. The minimum absolute atomic E-state index is 0.0691. The smallest absolute Gasteiger partial charge is 0.317 e. The van der Waals surface area contributed by atoms with E-state index in [1.807, 2.05) is 4.90 Å². The normalized spacial score (nSPS) is 41.0. The zero-order valence-corrected chi connectivity index (χ0v) is 15.6. The van der Waals surface area contributed by atoms with Gasteiger partial charge in [0.1, 0.15) is 0 Å². The van der Waals surface area contributed by atoms with Gasteiger partial charge < -0.3 is 20.3 Å². The van der Waals surface area contributed by atoms with Crippen LogP contribution in [-0.2, 0) is 9.53 Å². The van der Waals surface area contributed by atoms with Crippen molar-refractivity contribution in [3.63, 3.8) is 0 Å². The summed E-state index contributed by atoms with van der Waals surface area (Å²) in [6.45, 7) is 2.54. The Morgan fingerprint density at radius 1 is 1.08 bits per heavy atom. The molecule has 4 saturated carbocycles. The van der Waals surface area contributed by atoms with Crippen LogP contribution in [0.4, 0.5) is 4.79 Å². The van der Waals surface area contributed by atoms with E-state index < -0.39 is 0 Å². The van der Waals surface area contributed by atoms with Crippen molar-refractivity contribution in [3.05, 3.63) is 0 Å². The molecule has 2 N–H and O–H groups in total. The van der Waals surface area contributed by atoms with E-state index in [0.717, 1.165) is 30.6 Å². The molecule has 4 bridgehead atoms. The van der Waals surface area contributed by atoms with Gasteiger partial charge in [0.15, 0.2) is 0 Å². The predicted octanol–water partition coefficient (Wildman–Crippen LogP) is 2.04. The van der Waals surface area contributed by atoms with Gasteiger partial charge in [0.2, 0.25) is 5.91 Å². The zero-order chi connectivity index (χ0) is 17.8. The molecule has 6 nitrogen and oxygen atoms in total. The van der Waals surface area contributed by atoms with E-state index >= 15 is 0 Å². The maximum atomic E-state index is 13.0. The first-order valence-electron chi connectivity index (χ1n) is 10.5. The summed E-state index contributed by atoms with van der Waals surface area (Å²) < 4.78 is 6.02. The summed E-state index contributed by atoms with van der Waals surface area (Å²) in [5, 5.41) is 6.35. The van der Waals surface area contributed by atoms with Crippen molar-refractivity contribution < 1.29 is 14.3 Å². The van der Waals surface area contributed by atoms with E-state index in [9.17, 15) is 9.59 Å². The highest BCUT2D eigenvalue weighted by atomic mass is 16.5. The molecule has 2 saturated heterocycles. The van der Waals surface area contributed by atoms with Crippen LogP contribution in [-0.4, -0.2) is 54.2 Å². The van der Waals surface area contributed by atoms with E-state index in [0.29, 0.717) is 32.7 Å². The van der Waals surface area contributed by atoms with Crippen LogP contribution in [0.3, 0.4) is 0 Å². The van der Waals surface area contributed by atoms with Gasteiger partial charge >= 0.3 is 6.03 Å². The van der Waals surface area contributed by atoms with Crippen LogP contribution in [0.15, 0.2) is 0 Å². The van der Waals surface area contributed by atoms with Gasteiger partial charge in [-0.15, -0.1) is 0 Å². The summed E-state index contributed by atoms with van der Waals surface area (Å²) in [6, 6.07) is 0.111. The third-order valence-corrected chi connectivity index (χ3v) is 7.69. The van der Waals surface area contributed by atoms with Crippen molar-refractivity contribution in [1.29, 1.82) is 0 Å². The fourth-order valence-corrected chi connectivity index (χ4v) is 6.87. The Morgan fingerprint density at radius 3 is 2.31 bits per heavy atom. The van der Waals surface area contributed by atoms with Crippen LogP contribution in [0.1, 0.15) is 57.8 Å². The highest BCUT2D eigenvalue weighted by molar-refractivity contribution is 5.78. The van der Waals surface area contributed by atoms with Crippen molar-refractivity contribution in [2.24, 2.45) is 17.8 Å². The van der Waals surface area contributed by atoms with E-state index in [-0.39, 0.29) is 23.1 Å². The third-order valence-electron chi connectivity index (χ3n) is 7.69. The molecular weight excluding hydrogens is 330 g/mol. The number of piperidine rings is 1. The molecule has 2 aliphatic heterocycles. The molecule has 6 aliphatic rings. The van der Waals surface area contributed by atoms with Gasteiger partial charge in [0.05, 0.1) is 18.6 Å². The Bertz CT molecular complexity index is 562. The second kappa shape index (κ2) is 6.11. The SMILES string of the molecule is O=C1CC2(CCN(C(=O)NC34CC5CC(CC(C5)C3)C4)CC2)OCCN1. The monoisotopic (exact) mass is 361 g/mol. The minimum Gasteiger partial charge on any atom is -0.372 e. The molecule has 0 aromatic carbocycles. The standard InChI is InChI=1S/C20H31N3O3/c24-17-13-20(26-6-3-21-17)1-4-23(5-2-20)18(25)22-19-10-14-7-15(11-19)9-16(8-14)12-19/h14-16H,1-13H2,(H,21,24)(H,22,25). The Balaban J connectivity index is 1.21. The molecule has 26 heavy (non-hydrogen) atoms. The molecule has 0 unspecified atom stereocenters. The lowest BCUT2D eigenvalue weighted by Gasteiger charge is -2.57. The van der Waals surface area contributed by atoms with Crippen molar-refractivity contribution >= 4 is 11.9 Å². The molecule has 1 spiro atoms. The van der Waals surface area contributed by atoms with Crippen LogP contribution in [0.5, 0.6) is 0 Å². The Labute approximate surface area is 155 Å². The molecule has 6 fully saturated rings. The lowest BCUT2D eigenvalue weighted by molar-refractivity contribution is -0.127. The molecule has 0 aromatic heterocycles. The second-order valence-corrected chi connectivity index (χ2v) is 9.67. The van der Waals surface area contributed by atoms with Crippen LogP contribution in [0.25, 0.3) is 0 Å². The highest BCUT2D eigenvalue weighted by Gasteiger charge is 2.52. The minimum atomic E-state index is -0.363. The number of hydrogen-bond donors (Lipinski definition) is 2. The molecule has 0 aromatic rings. The maximum Gasteiger partial charge on any atom is 0.317 e. The lowest BCUT2D eigenvalue weighted by Crippen LogP contribution is -2.63. The summed E-state index contributed by atoms with van der Waals surface area (Å²) in [5.41, 5.74) is -0.294. The zero-order valence-electron chi connectivity index (χ0n) is 15.6. The number of urea groups is 1. The average molecular weight is 361 g/mol. The molecule has 0 atom stereocenters. The van der Waals surface area contributed by atoms with E-state index in [1.54, 1.807) is 0 Å². The summed E-state index contributed by atoms with van der Waals surface area (Å²) >= 11 is 0. The van der Waals surface area contributed by atoms with Gasteiger partial charge in [-0.2, -0.15) is 0 Å². The van der Waals surface area contributed by atoms with Gasteiger partial charge in [-0.1, -0.05) is 0 Å². The number of rotatable bonds is 1. The second-order valence-electron chi connectivity index (χ2n) is 9.67. The molecule has 4 aliphatic carbocycles. The van der Waals surface area contributed by atoms with Gasteiger partial charge in [-0.05, 0) is 69.1 Å². The van der Waals surface area contributed by atoms with Crippen molar-refractivity contribution in [2.45, 2.75) is 68.9 Å². The molecule has 3 amide bonds. The topological polar surface area (TPSA) is 70.7 Å². The van der Waals surface area contributed by atoms with E-state index in [4.69, 9.17) is 4.74 Å². The fraction of sp³-hybridized carbons (Fsp3) is 0.900. The number of nitrogens with one attached hydrogen (secondary N) is 2. The number of likely N-dealkylation sites (tertiary alicyclic amines) is 1. The van der Waals surface area contributed by atoms with Gasteiger partial charge in [0.25, 0.3) is 0 Å². The van der Waals surface area contributed by atoms with Crippen molar-refractivity contribution in [3.8, 4) is 0 Å². The van der Waals surface area contributed by atoms with Crippen LogP contribution >= 0.6 is 0 Å². The Hall–Kier alpha value is -1.30. The van der Waals surface area contributed by atoms with E-state index in [2.05, 4.69) is 10.6 Å². The van der Waals surface area contributed by atoms with Crippen molar-refractivity contribution in [1.82, 2.24) is 15.5 Å². The molecule has 0 radical (unpaired) electrons. The average Bonchev–Trinajstić information content (AvgIpc) is 2.75. The van der Waals surface area contributed by atoms with Gasteiger partial charge in [-0.3, -0.25) is 4.79 Å². The number of carbonyl (C=O) groups is 2. The number of ether oxygens (including phenoxy) is 1. The maximum absolute atomic E-state index is 13.0. The molecule has 6 heteroatoms. The first kappa shape index (κ1) is 16.8. The highest BCUT2D eigenvalue weighted by Crippen LogP contribution is 2.55. The molecule has 144 valence electrons. The van der Waals surface area contributed by atoms with Crippen LogP contribution in [0.2, 0.25) is 0 Å². The number of amides is 3. The summed E-state index contributed by atoms with van der Waals surface area (Å²) in [5.74, 6) is 2.59. The van der Waals surface area contributed by atoms with Crippen LogP contribution in [0, 0.1) is 17.8 Å². The first-order chi connectivity index (χ1) is 12.5. The molecular formula is C20H31N3O3. The lowest BCUT2D eigenvalue weighted by atomic mass is 9.53. The quantitative estimate of drug-likeness (QED) is 0.751. The van der Waals surface area contributed by atoms with E-state index in [1.165, 1.54) is 38.5 Å². The fourth-order valence-electron chi connectivity index (χ4n) is 6.87. The van der Waals surface area contributed by atoms with Crippen LogP contribution < -0.4 is 10.6 Å². The summed E-state index contributed by atoms with van der Waals surface area (Å²) in [6.07, 6.45) is 9.67. The van der Waals surface area contributed by atoms with Gasteiger partial charge in [0, 0.05) is 25.2 Å². The van der Waals surface area contributed by atoms with Gasteiger partial charge in [-0.25, -0.2) is 4.79 Å². The molecule has 6 rings (SSSR count). The Kier molecular flexibility index (Phi) is 3.96. The Morgan fingerprint density at radius 2 is 1.69 bits per heavy atom. The van der Waals surface area contributed by atoms with Crippen molar-refractivity contribution in [2.75, 3.05) is 26.2 Å².